The Morgan fingerprint density at radius 2 is 1.85 bits per heavy atom. The number of para-hydroxylation sites is 1. The number of carbonyl (C=O) groups is 2. The summed E-state index contributed by atoms with van der Waals surface area (Å²) in [6, 6.07) is 13.7. The summed E-state index contributed by atoms with van der Waals surface area (Å²) >= 11 is 0. The number of benzene rings is 2. The average molecular weight is 351 g/mol. The summed E-state index contributed by atoms with van der Waals surface area (Å²) in [5, 5.41) is 0. The molecule has 26 heavy (non-hydrogen) atoms. The van der Waals surface area contributed by atoms with Gasteiger partial charge in [-0.1, -0.05) is 30.3 Å². The van der Waals surface area contributed by atoms with Crippen LogP contribution in [0.5, 0.6) is 5.75 Å². The average Bonchev–Trinajstić information content (AvgIpc) is 3.01. The number of anilines is 1. The quantitative estimate of drug-likeness (QED) is 0.630. The first kappa shape index (κ1) is 16.6. The Morgan fingerprint density at radius 1 is 1.12 bits per heavy atom. The number of esters is 1. The molecule has 1 amide bonds. The van der Waals surface area contributed by atoms with Gasteiger partial charge < -0.3 is 14.4 Å². The van der Waals surface area contributed by atoms with Crippen molar-refractivity contribution in [3.63, 3.8) is 0 Å². The molecule has 2 aliphatic heterocycles. The van der Waals surface area contributed by atoms with Gasteiger partial charge in [0.05, 0.1) is 19.9 Å². The van der Waals surface area contributed by atoms with E-state index in [0.29, 0.717) is 0 Å². The van der Waals surface area contributed by atoms with E-state index in [1.54, 1.807) is 12.0 Å². The highest BCUT2D eigenvalue weighted by atomic mass is 16.5. The maximum atomic E-state index is 13.3. The summed E-state index contributed by atoms with van der Waals surface area (Å²) < 4.78 is 10.2. The van der Waals surface area contributed by atoms with Crippen LogP contribution in [0, 0.1) is 5.92 Å². The maximum Gasteiger partial charge on any atom is 0.319 e. The summed E-state index contributed by atoms with van der Waals surface area (Å²) in [7, 11) is 2.94. The van der Waals surface area contributed by atoms with Gasteiger partial charge in [0.25, 0.3) is 0 Å². The largest absolute Gasteiger partial charge is 0.497 e. The fourth-order valence-corrected chi connectivity index (χ4v) is 4.30. The Kier molecular flexibility index (Phi) is 3.94. The van der Waals surface area contributed by atoms with Crippen LogP contribution < -0.4 is 9.64 Å². The van der Waals surface area contributed by atoms with Crippen molar-refractivity contribution in [3.05, 3.63) is 59.2 Å². The van der Waals surface area contributed by atoms with Gasteiger partial charge in [-0.05, 0) is 42.2 Å². The lowest BCUT2D eigenvalue weighted by Gasteiger charge is -2.38. The number of ether oxygens (including phenoxy) is 2. The van der Waals surface area contributed by atoms with Gasteiger partial charge in [-0.2, -0.15) is 0 Å². The van der Waals surface area contributed by atoms with Crippen LogP contribution in [-0.2, 0) is 20.7 Å². The number of amides is 1. The van der Waals surface area contributed by atoms with E-state index in [9.17, 15) is 9.59 Å². The third-order valence-electron chi connectivity index (χ3n) is 5.45. The molecule has 4 rings (SSSR count). The van der Waals surface area contributed by atoms with Crippen LogP contribution in [-0.4, -0.2) is 32.1 Å². The van der Waals surface area contributed by atoms with E-state index in [-0.39, 0.29) is 17.9 Å². The first-order chi connectivity index (χ1) is 12.6. The topological polar surface area (TPSA) is 55.8 Å². The lowest BCUT2D eigenvalue weighted by Crippen LogP contribution is -2.49. The van der Waals surface area contributed by atoms with Crippen molar-refractivity contribution in [1.82, 2.24) is 0 Å². The Balaban J connectivity index is 1.92. The predicted molar refractivity (Wildman–Crippen MR) is 97.4 cm³/mol. The van der Waals surface area contributed by atoms with Crippen molar-refractivity contribution in [2.75, 3.05) is 19.1 Å². The van der Waals surface area contributed by atoms with Crippen LogP contribution in [0.25, 0.3) is 0 Å². The molecule has 0 aliphatic carbocycles. The van der Waals surface area contributed by atoms with E-state index < -0.39 is 11.9 Å². The monoisotopic (exact) mass is 351 g/mol. The lowest BCUT2D eigenvalue weighted by atomic mass is 9.76. The van der Waals surface area contributed by atoms with Crippen molar-refractivity contribution < 1.29 is 19.1 Å². The van der Waals surface area contributed by atoms with Gasteiger partial charge in [-0.3, -0.25) is 9.59 Å². The van der Waals surface area contributed by atoms with Crippen molar-refractivity contribution in [2.45, 2.75) is 25.3 Å². The number of hydrogen-bond donors (Lipinski definition) is 0. The third-order valence-corrected chi connectivity index (χ3v) is 5.45. The number of methoxy groups -OCH3 is 2. The highest BCUT2D eigenvalue weighted by Crippen LogP contribution is 2.49. The smallest absolute Gasteiger partial charge is 0.319 e. The fourth-order valence-electron chi connectivity index (χ4n) is 4.30. The minimum Gasteiger partial charge on any atom is -0.497 e. The van der Waals surface area contributed by atoms with Crippen LogP contribution in [0.15, 0.2) is 42.5 Å². The molecule has 0 saturated heterocycles. The zero-order valence-corrected chi connectivity index (χ0v) is 15.1. The van der Waals surface area contributed by atoms with Gasteiger partial charge in [0.15, 0.2) is 0 Å². The van der Waals surface area contributed by atoms with Crippen LogP contribution in [0.3, 0.4) is 0 Å². The molecule has 2 heterocycles. The molecule has 2 aliphatic rings. The first-order valence-electron chi connectivity index (χ1n) is 8.73. The molecule has 134 valence electrons. The first-order valence-corrected chi connectivity index (χ1v) is 8.73. The number of rotatable bonds is 3. The Bertz CT molecular complexity index is 874. The van der Waals surface area contributed by atoms with E-state index in [0.717, 1.165) is 34.5 Å². The number of nitrogens with zero attached hydrogens (tertiary/aromatic N) is 1. The van der Waals surface area contributed by atoms with Gasteiger partial charge in [-0.25, -0.2) is 0 Å². The van der Waals surface area contributed by atoms with E-state index in [1.165, 1.54) is 7.11 Å². The van der Waals surface area contributed by atoms with E-state index in [4.69, 9.17) is 9.47 Å². The molecule has 0 aromatic heterocycles. The molecule has 3 atom stereocenters. The lowest BCUT2D eigenvalue weighted by molar-refractivity contribution is -0.150. The highest BCUT2D eigenvalue weighted by molar-refractivity contribution is 6.11. The van der Waals surface area contributed by atoms with Crippen molar-refractivity contribution in [2.24, 2.45) is 5.92 Å². The van der Waals surface area contributed by atoms with Gasteiger partial charge in [-0.15, -0.1) is 0 Å². The second-order valence-electron chi connectivity index (χ2n) is 6.87. The Hall–Kier alpha value is -2.82. The molecule has 0 N–H and O–H groups in total. The number of carbonyl (C=O) groups excluding carboxylic acids is 2. The molecular formula is C21H21NO4. The van der Waals surface area contributed by atoms with Gasteiger partial charge in [0, 0.05) is 12.0 Å². The molecule has 1 unspecified atom stereocenters. The third kappa shape index (κ3) is 2.30. The zero-order chi connectivity index (χ0) is 18.4. The van der Waals surface area contributed by atoms with E-state index in [2.05, 4.69) is 6.07 Å². The molecule has 2 aromatic rings. The highest BCUT2D eigenvalue weighted by Gasteiger charge is 2.49. The molecule has 0 fully saturated rings. The minimum absolute atomic E-state index is 0.0441. The van der Waals surface area contributed by atoms with E-state index >= 15 is 0 Å². The zero-order valence-electron chi connectivity index (χ0n) is 15.1. The van der Waals surface area contributed by atoms with Crippen LogP contribution in [0.1, 0.15) is 29.5 Å². The molecule has 0 saturated carbocycles. The predicted octanol–water partition coefficient (Wildman–Crippen LogP) is 2.91. The molecule has 5 nitrogen and oxygen atoms in total. The summed E-state index contributed by atoms with van der Waals surface area (Å²) in [5.74, 6) is -1.18. The maximum absolute atomic E-state index is 13.3. The second kappa shape index (κ2) is 6.16. The normalized spacial score (nSPS) is 23.6. The molecule has 0 bridgehead atoms. The van der Waals surface area contributed by atoms with Crippen molar-refractivity contribution in [1.29, 1.82) is 0 Å². The standard InChI is InChI=1S/C21H21NO4/c1-12-11-14-5-4-6-16-17(13-7-9-15(25-2)10-8-13)18(21(24)26-3)20(23)22(12)19(14)16/h4-10,12,17-18H,11H2,1-3H3/t12?,17-,18+/m0/s1. The van der Waals surface area contributed by atoms with Crippen LogP contribution in [0.4, 0.5) is 5.69 Å². The molecule has 2 aromatic carbocycles. The van der Waals surface area contributed by atoms with Crippen LogP contribution in [0.2, 0.25) is 0 Å². The second-order valence-corrected chi connectivity index (χ2v) is 6.87. The van der Waals surface area contributed by atoms with Gasteiger partial charge >= 0.3 is 5.97 Å². The Morgan fingerprint density at radius 3 is 2.50 bits per heavy atom. The van der Waals surface area contributed by atoms with Crippen LogP contribution >= 0.6 is 0 Å². The summed E-state index contributed by atoms with van der Waals surface area (Å²) in [6.07, 6.45) is 0.804. The molecular weight excluding hydrogens is 330 g/mol. The van der Waals surface area contributed by atoms with Gasteiger partial charge in [0.2, 0.25) is 5.91 Å². The number of hydrogen-bond acceptors (Lipinski definition) is 4. The molecule has 0 radical (unpaired) electrons. The molecule has 5 heteroatoms. The fraction of sp³-hybridized carbons (Fsp3) is 0.333. The van der Waals surface area contributed by atoms with E-state index in [1.807, 2.05) is 43.3 Å². The SMILES string of the molecule is COC(=O)[C@H]1C(=O)N2c3c(cccc3[C@@H]1c1ccc(OC)cc1)CC2C. The summed E-state index contributed by atoms with van der Waals surface area (Å²) in [4.78, 5) is 27.6. The van der Waals surface area contributed by atoms with Gasteiger partial charge in [0.1, 0.15) is 11.7 Å². The van der Waals surface area contributed by atoms with Crippen molar-refractivity contribution >= 4 is 17.6 Å². The van der Waals surface area contributed by atoms with Crippen molar-refractivity contribution in [3.8, 4) is 5.75 Å². The summed E-state index contributed by atoms with van der Waals surface area (Å²) in [5.41, 5.74) is 4.03. The Labute approximate surface area is 152 Å². The minimum atomic E-state index is -0.878. The summed E-state index contributed by atoms with van der Waals surface area (Å²) in [6.45, 7) is 2.02. The molecule has 0 spiro atoms.